The molecular formula is C5H16N2O. The van der Waals surface area contributed by atoms with E-state index in [-0.39, 0.29) is 0 Å². The fourth-order valence-corrected chi connectivity index (χ4v) is 0.118. The van der Waals surface area contributed by atoms with Crippen molar-refractivity contribution < 1.29 is 4.84 Å². The molecule has 3 heteroatoms. The molecule has 0 atom stereocenters. The Bertz CT molecular complexity index is 24.4. The van der Waals surface area contributed by atoms with Gasteiger partial charge in [-0.2, -0.15) is 0 Å². The summed E-state index contributed by atoms with van der Waals surface area (Å²) in [5.41, 5.74) is 0. The maximum absolute atomic E-state index is 4.64. The molecule has 0 aromatic rings. The summed E-state index contributed by atoms with van der Waals surface area (Å²) in [4.78, 5) is 4.19. The van der Waals surface area contributed by atoms with Crippen LogP contribution in [0.1, 0.15) is 13.3 Å². The van der Waals surface area contributed by atoms with Crippen molar-refractivity contribution in [1.29, 1.82) is 0 Å². The molecule has 0 unspecified atom stereocenters. The minimum atomic E-state index is 0.667. The Morgan fingerprint density at radius 3 is 1.88 bits per heavy atom. The molecule has 3 nitrogen and oxygen atoms in total. The molecular weight excluding hydrogens is 104 g/mol. The maximum atomic E-state index is 4.64. The molecule has 0 radical (unpaired) electrons. The Labute approximate surface area is 51.2 Å². The highest BCUT2D eigenvalue weighted by Gasteiger charge is 1.66. The van der Waals surface area contributed by atoms with Crippen LogP contribution in [0, 0.1) is 0 Å². The number of hydrogen-bond donors (Lipinski definition) is 2. The highest BCUT2D eigenvalue weighted by atomic mass is 16.6. The van der Waals surface area contributed by atoms with Crippen molar-refractivity contribution in [3.63, 3.8) is 0 Å². The lowest BCUT2D eigenvalue weighted by molar-refractivity contribution is 0.138. The van der Waals surface area contributed by atoms with Gasteiger partial charge in [-0.05, 0) is 20.5 Å². The van der Waals surface area contributed by atoms with Gasteiger partial charge >= 0.3 is 0 Å². The van der Waals surface area contributed by atoms with E-state index in [9.17, 15) is 0 Å². The molecule has 0 aliphatic carbocycles. The van der Waals surface area contributed by atoms with Crippen LogP contribution in [0.25, 0.3) is 0 Å². The van der Waals surface area contributed by atoms with Crippen LogP contribution in [0.4, 0.5) is 0 Å². The Hall–Kier alpha value is -0.120. The normalized spacial score (nSPS) is 7.50. The first-order valence-corrected chi connectivity index (χ1v) is 2.73. The van der Waals surface area contributed by atoms with Crippen LogP contribution in [0.3, 0.4) is 0 Å². The molecule has 0 aromatic heterocycles. The maximum Gasteiger partial charge on any atom is 0.0676 e. The average Bonchev–Trinajstić information content (AvgIpc) is 1.71. The van der Waals surface area contributed by atoms with E-state index >= 15 is 0 Å². The molecule has 0 bridgehead atoms. The first-order valence-electron chi connectivity index (χ1n) is 2.73. The second kappa shape index (κ2) is 15.8. The van der Waals surface area contributed by atoms with Crippen LogP contribution in [0.15, 0.2) is 0 Å². The number of nitrogens with one attached hydrogen (secondary N) is 1. The van der Waals surface area contributed by atoms with Gasteiger partial charge in [0, 0.05) is 0 Å². The number of hydrogen-bond acceptors (Lipinski definition) is 3. The Balaban J connectivity index is 0. The third kappa shape index (κ3) is 39.6. The van der Waals surface area contributed by atoms with Crippen LogP contribution < -0.4 is 11.2 Å². The lowest BCUT2D eigenvalue weighted by Gasteiger charge is -1.83. The largest absolute Gasteiger partial charge is 0.323 e. The number of rotatable bonds is 2. The summed E-state index contributed by atoms with van der Waals surface area (Å²) in [6, 6.07) is 0. The van der Waals surface area contributed by atoms with Crippen molar-refractivity contribution in [2.75, 3.05) is 20.7 Å². The fourth-order valence-electron chi connectivity index (χ4n) is 0.118. The molecule has 0 heterocycles. The summed E-state index contributed by atoms with van der Waals surface area (Å²) < 4.78 is 0. The molecule has 52 valence electrons. The van der Waals surface area contributed by atoms with E-state index in [0.717, 1.165) is 6.42 Å². The zero-order chi connectivity index (χ0) is 6.83. The summed E-state index contributed by atoms with van der Waals surface area (Å²) in [6.45, 7) is 2.67. The topological polar surface area (TPSA) is 47.3 Å². The Morgan fingerprint density at radius 1 is 1.50 bits per heavy atom. The van der Waals surface area contributed by atoms with Gasteiger partial charge in [-0.1, -0.05) is 6.92 Å². The van der Waals surface area contributed by atoms with Crippen molar-refractivity contribution >= 4 is 0 Å². The van der Waals surface area contributed by atoms with Crippen molar-refractivity contribution in [3.8, 4) is 0 Å². The van der Waals surface area contributed by atoms with Crippen molar-refractivity contribution in [3.05, 3.63) is 0 Å². The van der Waals surface area contributed by atoms with E-state index in [1.54, 1.807) is 0 Å². The fraction of sp³-hybridized carbons (Fsp3) is 1.00. The van der Waals surface area contributed by atoms with Crippen LogP contribution in [-0.4, -0.2) is 20.7 Å². The minimum Gasteiger partial charge on any atom is -0.323 e. The summed E-state index contributed by atoms with van der Waals surface area (Å²) in [7, 11) is 3.75. The standard InChI is InChI=1S/C3H9NO.C2H7N/c1-2-3-5-4;1-3-2/h2-4H2,1H3;3H,1-2H3. The van der Waals surface area contributed by atoms with Crippen LogP contribution in [0.2, 0.25) is 0 Å². The molecule has 0 fully saturated rings. The van der Waals surface area contributed by atoms with Gasteiger partial charge in [0.05, 0.1) is 6.61 Å². The summed E-state index contributed by atoms with van der Waals surface area (Å²) in [6.07, 6.45) is 0.997. The summed E-state index contributed by atoms with van der Waals surface area (Å²) >= 11 is 0. The third-order valence-corrected chi connectivity index (χ3v) is 0.322. The van der Waals surface area contributed by atoms with Crippen LogP contribution >= 0.6 is 0 Å². The minimum absolute atomic E-state index is 0.667. The Kier molecular flexibility index (Phi) is 21.3. The summed E-state index contributed by atoms with van der Waals surface area (Å²) in [5, 5.41) is 2.75. The number of nitrogens with two attached hydrogens (primary N) is 1. The quantitative estimate of drug-likeness (QED) is 0.509. The zero-order valence-electron chi connectivity index (χ0n) is 5.90. The smallest absolute Gasteiger partial charge is 0.0676 e. The Morgan fingerprint density at radius 2 is 1.88 bits per heavy atom. The molecule has 0 aliphatic rings. The zero-order valence-corrected chi connectivity index (χ0v) is 5.90. The van der Waals surface area contributed by atoms with Crippen LogP contribution in [0.5, 0.6) is 0 Å². The monoisotopic (exact) mass is 120 g/mol. The predicted octanol–water partition coefficient (Wildman–Crippen LogP) is 0.122. The third-order valence-electron chi connectivity index (χ3n) is 0.322. The van der Waals surface area contributed by atoms with E-state index in [4.69, 9.17) is 0 Å². The predicted molar refractivity (Wildman–Crippen MR) is 35.4 cm³/mol. The second-order valence-corrected chi connectivity index (χ2v) is 1.37. The molecule has 8 heavy (non-hydrogen) atoms. The van der Waals surface area contributed by atoms with Crippen molar-refractivity contribution in [1.82, 2.24) is 5.32 Å². The molecule has 0 saturated carbocycles. The lowest BCUT2D eigenvalue weighted by Crippen LogP contribution is -1.97. The summed E-state index contributed by atoms with van der Waals surface area (Å²) in [5.74, 6) is 4.64. The van der Waals surface area contributed by atoms with Crippen molar-refractivity contribution in [2.45, 2.75) is 13.3 Å². The van der Waals surface area contributed by atoms with E-state index in [2.05, 4.69) is 16.1 Å². The van der Waals surface area contributed by atoms with E-state index in [1.807, 2.05) is 21.0 Å². The van der Waals surface area contributed by atoms with E-state index < -0.39 is 0 Å². The van der Waals surface area contributed by atoms with Gasteiger partial charge in [0.2, 0.25) is 0 Å². The molecule has 0 rings (SSSR count). The first-order chi connectivity index (χ1) is 3.83. The van der Waals surface area contributed by atoms with Gasteiger partial charge in [-0.15, -0.1) is 0 Å². The average molecular weight is 120 g/mol. The lowest BCUT2D eigenvalue weighted by atomic mass is 10.5. The molecule has 3 N–H and O–H groups in total. The molecule has 0 amide bonds. The molecule has 0 aliphatic heterocycles. The highest BCUT2D eigenvalue weighted by molar-refractivity contribution is 4.14. The highest BCUT2D eigenvalue weighted by Crippen LogP contribution is 1.67. The van der Waals surface area contributed by atoms with Gasteiger partial charge in [-0.3, -0.25) is 0 Å². The molecule has 0 aromatic carbocycles. The second-order valence-electron chi connectivity index (χ2n) is 1.37. The van der Waals surface area contributed by atoms with Gasteiger partial charge in [-0.25, -0.2) is 5.90 Å². The molecule has 0 spiro atoms. The van der Waals surface area contributed by atoms with E-state index in [0.29, 0.717) is 6.61 Å². The van der Waals surface area contributed by atoms with Gasteiger partial charge < -0.3 is 10.2 Å². The van der Waals surface area contributed by atoms with Crippen LogP contribution in [-0.2, 0) is 4.84 Å². The van der Waals surface area contributed by atoms with Gasteiger partial charge in [0.1, 0.15) is 0 Å². The first kappa shape index (κ1) is 10.8. The molecule has 0 saturated heterocycles. The van der Waals surface area contributed by atoms with Gasteiger partial charge in [0.25, 0.3) is 0 Å². The van der Waals surface area contributed by atoms with Gasteiger partial charge in [0.15, 0.2) is 0 Å². The SMILES string of the molecule is CCCON.CNC. The van der Waals surface area contributed by atoms with Crippen molar-refractivity contribution in [2.24, 2.45) is 5.90 Å². The van der Waals surface area contributed by atoms with E-state index in [1.165, 1.54) is 0 Å².